The van der Waals surface area contributed by atoms with Gasteiger partial charge in [-0.15, -0.1) is 0 Å². The molecule has 0 atom stereocenters. The fraction of sp³-hybridized carbons (Fsp3) is 0.182. The van der Waals surface area contributed by atoms with Gasteiger partial charge in [0.1, 0.15) is 11.6 Å². The van der Waals surface area contributed by atoms with Crippen LogP contribution in [0.3, 0.4) is 0 Å². The number of halogens is 1. The Kier molecular flexibility index (Phi) is 2.87. The molecule has 2 N–H and O–H groups in total. The molecule has 2 rings (SSSR count). The number of aryl methyl sites for hydroxylation is 1. The zero-order chi connectivity index (χ0) is 11.7. The summed E-state index contributed by atoms with van der Waals surface area (Å²) in [4.78, 5) is 0. The smallest absolute Gasteiger partial charge is 0.148 e. The van der Waals surface area contributed by atoms with Crippen LogP contribution in [0.15, 0.2) is 28.9 Å². The van der Waals surface area contributed by atoms with E-state index in [9.17, 15) is 0 Å². The van der Waals surface area contributed by atoms with Gasteiger partial charge in [-0.1, -0.05) is 0 Å². The van der Waals surface area contributed by atoms with Crippen molar-refractivity contribution in [3.05, 3.63) is 34.4 Å². The second kappa shape index (κ2) is 4.17. The molecule has 1 heterocycles. The van der Waals surface area contributed by atoms with E-state index in [1.54, 1.807) is 11.8 Å². The minimum Gasteiger partial charge on any atom is -0.497 e. The lowest BCUT2D eigenvalue weighted by molar-refractivity contribution is 0.414. The maximum atomic E-state index is 5.72. The Hall–Kier alpha value is -1.49. The minimum atomic E-state index is 0.537. The van der Waals surface area contributed by atoms with Crippen LogP contribution in [0, 0.1) is 6.92 Å². The number of anilines is 1. The summed E-state index contributed by atoms with van der Waals surface area (Å²) in [6.45, 7) is 1.92. The van der Waals surface area contributed by atoms with Crippen LogP contribution in [0.25, 0.3) is 5.69 Å². The van der Waals surface area contributed by atoms with E-state index in [-0.39, 0.29) is 0 Å². The molecular formula is C11H12BrN3O. The van der Waals surface area contributed by atoms with Gasteiger partial charge < -0.3 is 10.5 Å². The van der Waals surface area contributed by atoms with E-state index in [4.69, 9.17) is 10.5 Å². The van der Waals surface area contributed by atoms with E-state index >= 15 is 0 Å². The topological polar surface area (TPSA) is 53.1 Å². The van der Waals surface area contributed by atoms with Crippen molar-refractivity contribution in [2.45, 2.75) is 6.92 Å². The fourth-order valence-corrected chi connectivity index (χ4v) is 1.82. The van der Waals surface area contributed by atoms with Crippen LogP contribution in [-0.4, -0.2) is 16.9 Å². The van der Waals surface area contributed by atoms with E-state index in [1.165, 1.54) is 0 Å². The number of nitrogens with two attached hydrogens (primary N) is 1. The van der Waals surface area contributed by atoms with E-state index in [0.717, 1.165) is 21.5 Å². The van der Waals surface area contributed by atoms with Crippen LogP contribution in [-0.2, 0) is 0 Å². The molecule has 0 saturated carbocycles. The lowest BCUT2D eigenvalue weighted by Gasteiger charge is -2.06. The first-order chi connectivity index (χ1) is 7.61. The Bertz CT molecular complexity index is 502. The highest BCUT2D eigenvalue weighted by Crippen LogP contribution is 2.26. The van der Waals surface area contributed by atoms with Crippen molar-refractivity contribution in [2.24, 2.45) is 0 Å². The van der Waals surface area contributed by atoms with Gasteiger partial charge in [0.2, 0.25) is 0 Å². The molecule has 0 amide bonds. The van der Waals surface area contributed by atoms with Crippen LogP contribution < -0.4 is 10.5 Å². The third kappa shape index (κ3) is 1.90. The molecule has 2 aromatic rings. The first-order valence-electron chi connectivity index (χ1n) is 4.77. The van der Waals surface area contributed by atoms with Gasteiger partial charge in [0.25, 0.3) is 0 Å². The number of benzene rings is 1. The molecule has 4 nitrogen and oxygen atoms in total. The van der Waals surface area contributed by atoms with E-state index in [1.807, 2.05) is 31.3 Å². The van der Waals surface area contributed by atoms with Gasteiger partial charge in [0, 0.05) is 22.3 Å². The molecule has 0 spiro atoms. The second-order valence-electron chi connectivity index (χ2n) is 3.46. The fourth-order valence-electron chi connectivity index (χ4n) is 1.39. The monoisotopic (exact) mass is 281 g/mol. The number of ether oxygens (including phenoxy) is 1. The molecule has 84 valence electrons. The number of rotatable bonds is 2. The van der Waals surface area contributed by atoms with Gasteiger partial charge in [-0.3, -0.25) is 0 Å². The maximum absolute atomic E-state index is 5.72. The number of aromatic nitrogens is 2. The Balaban J connectivity index is 2.54. The van der Waals surface area contributed by atoms with Gasteiger partial charge in [-0.2, -0.15) is 5.10 Å². The van der Waals surface area contributed by atoms with Crippen molar-refractivity contribution in [1.29, 1.82) is 0 Å². The Labute approximate surface area is 102 Å². The SMILES string of the molecule is COc1ccc(Br)c(-n2cc(C)c(N)n2)c1. The van der Waals surface area contributed by atoms with Crippen molar-refractivity contribution in [2.75, 3.05) is 12.8 Å². The average Bonchev–Trinajstić information content (AvgIpc) is 2.60. The Morgan fingerprint density at radius 2 is 2.19 bits per heavy atom. The van der Waals surface area contributed by atoms with Gasteiger partial charge in [-0.25, -0.2) is 4.68 Å². The van der Waals surface area contributed by atoms with Crippen LogP contribution in [0.2, 0.25) is 0 Å². The van der Waals surface area contributed by atoms with Crippen LogP contribution >= 0.6 is 15.9 Å². The molecule has 1 aromatic carbocycles. The molecule has 0 aliphatic heterocycles. The zero-order valence-electron chi connectivity index (χ0n) is 9.07. The highest BCUT2D eigenvalue weighted by atomic mass is 79.9. The molecule has 0 radical (unpaired) electrons. The highest BCUT2D eigenvalue weighted by Gasteiger charge is 2.07. The van der Waals surface area contributed by atoms with Crippen molar-refractivity contribution in [3.8, 4) is 11.4 Å². The molecule has 1 aromatic heterocycles. The summed E-state index contributed by atoms with van der Waals surface area (Å²) in [6, 6.07) is 5.70. The zero-order valence-corrected chi connectivity index (χ0v) is 10.7. The predicted octanol–water partition coefficient (Wildman–Crippen LogP) is 2.53. The van der Waals surface area contributed by atoms with Crippen LogP contribution in [0.1, 0.15) is 5.56 Å². The van der Waals surface area contributed by atoms with E-state index < -0.39 is 0 Å². The summed E-state index contributed by atoms with van der Waals surface area (Å²) in [5.41, 5.74) is 7.58. The molecule has 0 saturated heterocycles. The van der Waals surface area contributed by atoms with Gasteiger partial charge in [0.05, 0.1) is 12.8 Å². The van der Waals surface area contributed by atoms with Gasteiger partial charge in [0.15, 0.2) is 0 Å². The molecule has 0 aliphatic rings. The molecule has 0 aliphatic carbocycles. The number of nitrogens with zero attached hydrogens (tertiary/aromatic N) is 2. The van der Waals surface area contributed by atoms with Gasteiger partial charge >= 0.3 is 0 Å². The predicted molar refractivity (Wildman–Crippen MR) is 67.0 cm³/mol. The number of nitrogen functional groups attached to an aromatic ring is 1. The number of hydrogen-bond acceptors (Lipinski definition) is 3. The normalized spacial score (nSPS) is 10.4. The van der Waals surface area contributed by atoms with E-state index in [0.29, 0.717) is 5.82 Å². The molecule has 16 heavy (non-hydrogen) atoms. The summed E-state index contributed by atoms with van der Waals surface area (Å²) in [5, 5.41) is 4.23. The van der Waals surface area contributed by atoms with Crippen LogP contribution in [0.4, 0.5) is 5.82 Å². The summed E-state index contributed by atoms with van der Waals surface area (Å²) < 4.78 is 7.85. The number of hydrogen-bond donors (Lipinski definition) is 1. The molecular weight excluding hydrogens is 270 g/mol. The minimum absolute atomic E-state index is 0.537. The first-order valence-corrected chi connectivity index (χ1v) is 5.57. The third-order valence-electron chi connectivity index (χ3n) is 2.34. The highest BCUT2D eigenvalue weighted by molar-refractivity contribution is 9.10. The lowest BCUT2D eigenvalue weighted by atomic mass is 10.3. The second-order valence-corrected chi connectivity index (χ2v) is 4.31. The van der Waals surface area contributed by atoms with Crippen molar-refractivity contribution < 1.29 is 4.74 Å². The third-order valence-corrected chi connectivity index (χ3v) is 3.01. The Morgan fingerprint density at radius 1 is 1.44 bits per heavy atom. The summed E-state index contributed by atoms with van der Waals surface area (Å²) in [6.07, 6.45) is 1.88. The Morgan fingerprint density at radius 3 is 2.75 bits per heavy atom. The first kappa shape index (κ1) is 11.0. The molecule has 5 heteroatoms. The standard InChI is InChI=1S/C11H12BrN3O/c1-7-6-15(14-11(7)13)10-5-8(16-2)3-4-9(10)12/h3-6H,1-2H3,(H2,13,14). The summed E-state index contributed by atoms with van der Waals surface area (Å²) in [5.74, 6) is 1.32. The number of methoxy groups -OCH3 is 1. The van der Waals surface area contributed by atoms with Crippen molar-refractivity contribution in [3.63, 3.8) is 0 Å². The average molecular weight is 282 g/mol. The lowest BCUT2D eigenvalue weighted by Crippen LogP contribution is -1.98. The van der Waals surface area contributed by atoms with Crippen LogP contribution in [0.5, 0.6) is 5.75 Å². The summed E-state index contributed by atoms with van der Waals surface area (Å²) >= 11 is 3.47. The van der Waals surface area contributed by atoms with Crippen molar-refractivity contribution in [1.82, 2.24) is 9.78 Å². The van der Waals surface area contributed by atoms with Gasteiger partial charge in [-0.05, 0) is 35.0 Å². The molecule has 0 fully saturated rings. The maximum Gasteiger partial charge on any atom is 0.148 e. The largest absolute Gasteiger partial charge is 0.497 e. The van der Waals surface area contributed by atoms with E-state index in [2.05, 4.69) is 21.0 Å². The van der Waals surface area contributed by atoms with Crippen molar-refractivity contribution >= 4 is 21.7 Å². The summed E-state index contributed by atoms with van der Waals surface area (Å²) in [7, 11) is 1.63. The molecule has 0 bridgehead atoms. The quantitative estimate of drug-likeness (QED) is 0.920. The molecule has 0 unspecified atom stereocenters.